The SMILES string of the molecule is CCC1CCNc2cc3nc(Cl)c(F)c(C(F)(F)F)c3cc21. The van der Waals surface area contributed by atoms with Crippen molar-refractivity contribution in [2.75, 3.05) is 11.9 Å². The largest absolute Gasteiger partial charge is 0.419 e. The average molecular weight is 333 g/mol. The zero-order valence-corrected chi connectivity index (χ0v) is 12.4. The third kappa shape index (κ3) is 2.39. The molecule has 2 aromatic rings. The van der Waals surface area contributed by atoms with Gasteiger partial charge in [-0.1, -0.05) is 18.5 Å². The fraction of sp³-hybridized carbons (Fsp3) is 0.400. The van der Waals surface area contributed by atoms with Crippen LogP contribution in [0.2, 0.25) is 5.15 Å². The zero-order chi connectivity index (χ0) is 16.1. The summed E-state index contributed by atoms with van der Waals surface area (Å²) in [5.74, 6) is -1.36. The summed E-state index contributed by atoms with van der Waals surface area (Å²) in [6.45, 7) is 2.73. The van der Waals surface area contributed by atoms with Gasteiger partial charge in [-0.25, -0.2) is 9.37 Å². The van der Waals surface area contributed by atoms with Crippen LogP contribution < -0.4 is 5.32 Å². The quantitative estimate of drug-likeness (QED) is 0.562. The number of anilines is 1. The fourth-order valence-corrected chi connectivity index (χ4v) is 3.19. The first-order valence-corrected chi connectivity index (χ1v) is 7.34. The maximum absolute atomic E-state index is 13.9. The van der Waals surface area contributed by atoms with Gasteiger partial charge in [-0.3, -0.25) is 0 Å². The second kappa shape index (κ2) is 5.26. The number of aromatic nitrogens is 1. The van der Waals surface area contributed by atoms with E-state index < -0.39 is 22.7 Å². The van der Waals surface area contributed by atoms with Gasteiger partial charge in [0, 0.05) is 17.6 Å². The molecule has 0 saturated carbocycles. The Hall–Kier alpha value is -1.56. The van der Waals surface area contributed by atoms with Gasteiger partial charge in [-0.2, -0.15) is 13.2 Å². The smallest absolute Gasteiger partial charge is 0.385 e. The molecule has 1 aliphatic heterocycles. The molecule has 0 fully saturated rings. The number of halogens is 5. The van der Waals surface area contributed by atoms with Gasteiger partial charge in [0.25, 0.3) is 0 Å². The number of rotatable bonds is 1. The first-order chi connectivity index (χ1) is 10.3. The van der Waals surface area contributed by atoms with Crippen LogP contribution in [0.5, 0.6) is 0 Å². The van der Waals surface area contributed by atoms with E-state index >= 15 is 0 Å². The van der Waals surface area contributed by atoms with E-state index in [1.807, 2.05) is 6.92 Å². The summed E-state index contributed by atoms with van der Waals surface area (Å²) >= 11 is 5.53. The normalized spacial score (nSPS) is 18.2. The molecule has 0 saturated heterocycles. The highest BCUT2D eigenvalue weighted by atomic mass is 35.5. The summed E-state index contributed by atoms with van der Waals surface area (Å²) < 4.78 is 53.6. The molecule has 118 valence electrons. The van der Waals surface area contributed by atoms with Crippen molar-refractivity contribution in [3.63, 3.8) is 0 Å². The molecule has 3 rings (SSSR count). The number of hydrogen-bond acceptors (Lipinski definition) is 2. The summed E-state index contributed by atoms with van der Waals surface area (Å²) in [5.41, 5.74) is 0.219. The Morgan fingerprint density at radius 2 is 2.09 bits per heavy atom. The Morgan fingerprint density at radius 1 is 1.36 bits per heavy atom. The lowest BCUT2D eigenvalue weighted by Gasteiger charge is -2.27. The Bertz CT molecular complexity index is 743. The summed E-state index contributed by atoms with van der Waals surface area (Å²) in [5, 5.41) is 2.15. The van der Waals surface area contributed by atoms with Crippen LogP contribution >= 0.6 is 11.6 Å². The van der Waals surface area contributed by atoms with Gasteiger partial charge in [0.2, 0.25) is 0 Å². The van der Waals surface area contributed by atoms with Gasteiger partial charge in [0.05, 0.1) is 5.52 Å². The summed E-state index contributed by atoms with van der Waals surface area (Å²) in [7, 11) is 0. The van der Waals surface area contributed by atoms with E-state index in [9.17, 15) is 17.6 Å². The van der Waals surface area contributed by atoms with Crippen molar-refractivity contribution < 1.29 is 17.6 Å². The van der Waals surface area contributed by atoms with Crippen molar-refractivity contribution in [3.8, 4) is 0 Å². The Morgan fingerprint density at radius 3 is 2.73 bits per heavy atom. The standard InChI is InChI=1S/C15H13ClF4N2/c1-2-7-3-4-21-10-6-11-9(5-8(7)10)12(15(18,19)20)13(17)14(16)22-11/h5-7,21H,2-4H2,1H3. The van der Waals surface area contributed by atoms with Crippen molar-refractivity contribution in [1.82, 2.24) is 4.98 Å². The molecule has 2 heterocycles. The lowest BCUT2D eigenvalue weighted by Crippen LogP contribution is -2.17. The summed E-state index contributed by atoms with van der Waals surface area (Å²) in [6.07, 6.45) is -3.18. The third-order valence-electron chi connectivity index (χ3n) is 4.08. The van der Waals surface area contributed by atoms with E-state index in [1.54, 1.807) is 0 Å². The highest BCUT2D eigenvalue weighted by Crippen LogP contribution is 2.42. The second-order valence-electron chi connectivity index (χ2n) is 5.37. The molecule has 1 unspecified atom stereocenters. The molecule has 0 aliphatic carbocycles. The molecule has 0 spiro atoms. The van der Waals surface area contributed by atoms with Gasteiger partial charge in [0.15, 0.2) is 11.0 Å². The van der Waals surface area contributed by atoms with Gasteiger partial charge in [0.1, 0.15) is 5.56 Å². The molecule has 0 radical (unpaired) electrons. The van der Waals surface area contributed by atoms with Gasteiger partial charge < -0.3 is 5.32 Å². The minimum Gasteiger partial charge on any atom is -0.385 e. The van der Waals surface area contributed by atoms with E-state index in [0.717, 1.165) is 30.6 Å². The van der Waals surface area contributed by atoms with Crippen molar-refractivity contribution >= 4 is 28.2 Å². The lowest BCUT2D eigenvalue weighted by molar-refractivity contribution is -0.138. The van der Waals surface area contributed by atoms with Crippen LogP contribution in [0.25, 0.3) is 10.9 Å². The minimum absolute atomic E-state index is 0.0433. The number of pyridine rings is 1. The van der Waals surface area contributed by atoms with Gasteiger partial charge >= 0.3 is 6.18 Å². The molecule has 7 heteroatoms. The number of fused-ring (bicyclic) bond motifs is 2. The summed E-state index contributed by atoms with van der Waals surface area (Å²) in [6, 6.07) is 2.92. The highest BCUT2D eigenvalue weighted by molar-refractivity contribution is 6.30. The van der Waals surface area contributed by atoms with E-state index in [0.29, 0.717) is 0 Å². The Labute approximate surface area is 129 Å². The fourth-order valence-electron chi connectivity index (χ4n) is 3.00. The van der Waals surface area contributed by atoms with E-state index in [4.69, 9.17) is 11.6 Å². The van der Waals surface area contributed by atoms with Crippen molar-refractivity contribution in [1.29, 1.82) is 0 Å². The Balaban J connectivity index is 2.36. The molecule has 22 heavy (non-hydrogen) atoms. The molecule has 1 aromatic heterocycles. The Kier molecular flexibility index (Phi) is 3.67. The number of nitrogens with one attached hydrogen (secondary N) is 1. The second-order valence-corrected chi connectivity index (χ2v) is 5.72. The topological polar surface area (TPSA) is 24.9 Å². The number of hydrogen-bond donors (Lipinski definition) is 1. The summed E-state index contributed by atoms with van der Waals surface area (Å²) in [4.78, 5) is 3.76. The molecular formula is C15H13ClF4N2. The molecule has 2 nitrogen and oxygen atoms in total. The molecular weight excluding hydrogens is 320 g/mol. The molecule has 1 aromatic carbocycles. The predicted octanol–water partition coefficient (Wildman–Crippen LogP) is 5.36. The molecule has 0 bridgehead atoms. The van der Waals surface area contributed by atoms with Crippen molar-refractivity contribution in [2.45, 2.75) is 31.9 Å². The van der Waals surface area contributed by atoms with Gasteiger partial charge in [-0.15, -0.1) is 0 Å². The number of benzene rings is 1. The van der Waals surface area contributed by atoms with Gasteiger partial charge in [-0.05, 0) is 36.5 Å². The van der Waals surface area contributed by atoms with Crippen molar-refractivity contribution in [2.24, 2.45) is 0 Å². The van der Waals surface area contributed by atoms with Crippen LogP contribution in [0.1, 0.15) is 36.8 Å². The first kappa shape index (κ1) is 15.3. The van der Waals surface area contributed by atoms with Crippen molar-refractivity contribution in [3.05, 3.63) is 34.2 Å². The lowest BCUT2D eigenvalue weighted by atomic mass is 9.87. The maximum Gasteiger partial charge on any atom is 0.419 e. The van der Waals surface area contributed by atoms with Crippen LogP contribution in [0, 0.1) is 5.82 Å². The van der Waals surface area contributed by atoms with Crippen LogP contribution in [-0.2, 0) is 6.18 Å². The van der Waals surface area contributed by atoms with E-state index in [2.05, 4.69) is 10.3 Å². The van der Waals surface area contributed by atoms with Crippen LogP contribution in [-0.4, -0.2) is 11.5 Å². The average Bonchev–Trinajstić information content (AvgIpc) is 2.44. The van der Waals surface area contributed by atoms with Crippen LogP contribution in [0.3, 0.4) is 0 Å². The molecule has 1 aliphatic rings. The highest BCUT2D eigenvalue weighted by Gasteiger charge is 2.38. The maximum atomic E-state index is 13.9. The zero-order valence-electron chi connectivity index (χ0n) is 11.7. The third-order valence-corrected chi connectivity index (χ3v) is 4.33. The molecule has 1 N–H and O–H groups in total. The minimum atomic E-state index is -4.83. The molecule has 1 atom stereocenters. The van der Waals surface area contributed by atoms with E-state index in [1.165, 1.54) is 12.1 Å². The first-order valence-electron chi connectivity index (χ1n) is 6.96. The van der Waals surface area contributed by atoms with Crippen LogP contribution in [0.15, 0.2) is 12.1 Å². The number of nitrogens with zero attached hydrogens (tertiary/aromatic N) is 1. The monoisotopic (exact) mass is 332 g/mol. The number of alkyl halides is 3. The molecule has 0 amide bonds. The van der Waals surface area contributed by atoms with E-state index in [-0.39, 0.29) is 16.8 Å². The predicted molar refractivity (Wildman–Crippen MR) is 77.9 cm³/mol. The van der Waals surface area contributed by atoms with Crippen LogP contribution in [0.4, 0.5) is 23.2 Å².